The van der Waals surface area contributed by atoms with Crippen molar-refractivity contribution in [3.05, 3.63) is 41.9 Å². The summed E-state index contributed by atoms with van der Waals surface area (Å²) in [5, 5.41) is 8.74. The summed E-state index contributed by atoms with van der Waals surface area (Å²) in [6, 6.07) is 5.59. The Labute approximate surface area is 116 Å². The smallest absolute Gasteiger partial charge is 0.356 e. The molecule has 0 atom stereocenters. The normalized spacial score (nSPS) is 10.1. The summed E-state index contributed by atoms with van der Waals surface area (Å²) in [5.41, 5.74) is 0.993. The van der Waals surface area contributed by atoms with Crippen LogP contribution in [0.2, 0.25) is 0 Å². The summed E-state index contributed by atoms with van der Waals surface area (Å²) in [6.45, 7) is 2.05. The van der Waals surface area contributed by atoms with E-state index in [1.165, 1.54) is 6.20 Å². The predicted molar refractivity (Wildman–Crippen MR) is 71.4 cm³/mol. The van der Waals surface area contributed by atoms with Crippen LogP contribution in [0.25, 0.3) is 0 Å². The standard InChI is InChI=1S/C14H14N2O4/c1-3-9-4-5-11(12(6-9)19-2)20-13-8-15-10(7-16-13)14(17)18/h4-8H,3H2,1-2H3,(H,17,18). The second kappa shape index (κ2) is 6.01. The van der Waals surface area contributed by atoms with Crippen molar-refractivity contribution in [3.63, 3.8) is 0 Å². The number of hydrogen-bond acceptors (Lipinski definition) is 5. The van der Waals surface area contributed by atoms with Gasteiger partial charge in [-0.1, -0.05) is 13.0 Å². The van der Waals surface area contributed by atoms with Gasteiger partial charge in [-0.3, -0.25) is 0 Å². The minimum Gasteiger partial charge on any atom is -0.493 e. The Morgan fingerprint density at radius 1 is 1.25 bits per heavy atom. The number of carboxylic acids is 1. The molecular weight excluding hydrogens is 260 g/mol. The van der Waals surface area contributed by atoms with E-state index in [1.54, 1.807) is 13.2 Å². The molecule has 1 N–H and O–H groups in total. The zero-order valence-electron chi connectivity index (χ0n) is 11.2. The van der Waals surface area contributed by atoms with Gasteiger partial charge in [-0.25, -0.2) is 14.8 Å². The fourth-order valence-electron chi connectivity index (χ4n) is 1.61. The fourth-order valence-corrected chi connectivity index (χ4v) is 1.61. The van der Waals surface area contributed by atoms with Gasteiger partial charge in [0.1, 0.15) is 0 Å². The van der Waals surface area contributed by atoms with Gasteiger partial charge in [-0.05, 0) is 24.1 Å². The van der Waals surface area contributed by atoms with Crippen LogP contribution in [0, 0.1) is 0 Å². The number of hydrogen-bond donors (Lipinski definition) is 1. The van der Waals surface area contributed by atoms with Gasteiger partial charge < -0.3 is 14.6 Å². The molecule has 0 fully saturated rings. The summed E-state index contributed by atoms with van der Waals surface area (Å²) in [6.07, 6.45) is 3.30. The second-order valence-electron chi connectivity index (χ2n) is 3.99. The summed E-state index contributed by atoms with van der Waals surface area (Å²) < 4.78 is 10.8. The molecule has 104 valence electrons. The predicted octanol–water partition coefficient (Wildman–Crippen LogP) is 2.54. The van der Waals surface area contributed by atoms with Crippen molar-refractivity contribution in [1.82, 2.24) is 9.97 Å². The molecule has 0 radical (unpaired) electrons. The van der Waals surface area contributed by atoms with E-state index in [0.29, 0.717) is 11.5 Å². The molecule has 0 saturated carbocycles. The van der Waals surface area contributed by atoms with Crippen LogP contribution in [0.4, 0.5) is 0 Å². The lowest BCUT2D eigenvalue weighted by molar-refractivity contribution is 0.0690. The highest BCUT2D eigenvalue weighted by Crippen LogP contribution is 2.31. The van der Waals surface area contributed by atoms with E-state index in [1.807, 2.05) is 19.1 Å². The highest BCUT2D eigenvalue weighted by atomic mass is 16.5. The maximum Gasteiger partial charge on any atom is 0.356 e. The molecule has 0 unspecified atom stereocenters. The van der Waals surface area contributed by atoms with E-state index in [4.69, 9.17) is 14.6 Å². The van der Waals surface area contributed by atoms with Crippen molar-refractivity contribution in [2.24, 2.45) is 0 Å². The first-order chi connectivity index (χ1) is 9.63. The maximum absolute atomic E-state index is 10.7. The van der Waals surface area contributed by atoms with E-state index in [0.717, 1.165) is 18.2 Å². The summed E-state index contributed by atoms with van der Waals surface area (Å²) in [4.78, 5) is 18.3. The van der Waals surface area contributed by atoms with E-state index in [9.17, 15) is 4.79 Å². The minimum atomic E-state index is -1.13. The maximum atomic E-state index is 10.7. The molecule has 0 aliphatic rings. The van der Waals surface area contributed by atoms with Crippen LogP contribution in [-0.2, 0) is 6.42 Å². The number of aromatic nitrogens is 2. The summed E-state index contributed by atoms with van der Waals surface area (Å²) in [5.74, 6) is 0.169. The number of nitrogens with zero attached hydrogens (tertiary/aromatic N) is 2. The van der Waals surface area contributed by atoms with Crippen molar-refractivity contribution in [1.29, 1.82) is 0 Å². The number of aromatic carboxylic acids is 1. The largest absolute Gasteiger partial charge is 0.493 e. The lowest BCUT2D eigenvalue weighted by Crippen LogP contribution is -2.01. The average molecular weight is 274 g/mol. The lowest BCUT2D eigenvalue weighted by Gasteiger charge is -2.10. The number of rotatable bonds is 5. The Morgan fingerprint density at radius 3 is 2.60 bits per heavy atom. The molecule has 0 aliphatic carbocycles. The third-order valence-electron chi connectivity index (χ3n) is 2.70. The molecule has 2 rings (SSSR count). The first-order valence-electron chi connectivity index (χ1n) is 6.04. The highest BCUT2D eigenvalue weighted by Gasteiger charge is 2.09. The number of methoxy groups -OCH3 is 1. The Kier molecular flexibility index (Phi) is 4.14. The summed E-state index contributed by atoms with van der Waals surface area (Å²) >= 11 is 0. The van der Waals surface area contributed by atoms with Crippen LogP contribution in [0.5, 0.6) is 17.4 Å². The average Bonchev–Trinajstić information content (AvgIpc) is 2.48. The van der Waals surface area contributed by atoms with Crippen LogP contribution in [-0.4, -0.2) is 28.2 Å². The third kappa shape index (κ3) is 3.03. The van der Waals surface area contributed by atoms with Crippen LogP contribution in [0.15, 0.2) is 30.6 Å². The number of carbonyl (C=O) groups is 1. The number of benzene rings is 1. The molecule has 0 amide bonds. The topological polar surface area (TPSA) is 81.5 Å². The molecule has 0 spiro atoms. The van der Waals surface area contributed by atoms with Gasteiger partial charge in [-0.2, -0.15) is 0 Å². The summed E-state index contributed by atoms with van der Waals surface area (Å²) in [7, 11) is 1.56. The fraction of sp³-hybridized carbons (Fsp3) is 0.214. The number of carboxylic acid groups (broad SMARTS) is 1. The van der Waals surface area contributed by atoms with E-state index in [2.05, 4.69) is 9.97 Å². The van der Waals surface area contributed by atoms with Crippen LogP contribution >= 0.6 is 0 Å². The zero-order valence-corrected chi connectivity index (χ0v) is 11.2. The van der Waals surface area contributed by atoms with Crippen molar-refractivity contribution in [2.45, 2.75) is 13.3 Å². The Hall–Kier alpha value is -2.63. The molecular formula is C14H14N2O4. The van der Waals surface area contributed by atoms with Crippen LogP contribution in [0.3, 0.4) is 0 Å². The number of ether oxygens (including phenoxy) is 2. The SMILES string of the molecule is CCc1ccc(Oc2cnc(C(=O)O)cn2)c(OC)c1. The molecule has 1 heterocycles. The first-order valence-corrected chi connectivity index (χ1v) is 6.04. The molecule has 20 heavy (non-hydrogen) atoms. The quantitative estimate of drug-likeness (QED) is 0.902. The van der Waals surface area contributed by atoms with E-state index < -0.39 is 5.97 Å². The highest BCUT2D eigenvalue weighted by molar-refractivity contribution is 5.84. The molecule has 6 heteroatoms. The Balaban J connectivity index is 2.23. The lowest BCUT2D eigenvalue weighted by atomic mass is 10.1. The van der Waals surface area contributed by atoms with Gasteiger partial charge in [0, 0.05) is 0 Å². The van der Waals surface area contributed by atoms with Crippen molar-refractivity contribution in [2.75, 3.05) is 7.11 Å². The van der Waals surface area contributed by atoms with Crippen molar-refractivity contribution < 1.29 is 19.4 Å². The molecule has 1 aromatic carbocycles. The molecule has 2 aromatic rings. The molecule has 0 aliphatic heterocycles. The van der Waals surface area contributed by atoms with Gasteiger partial charge in [-0.15, -0.1) is 0 Å². The first kappa shape index (κ1) is 13.8. The van der Waals surface area contributed by atoms with Gasteiger partial charge >= 0.3 is 5.97 Å². The zero-order chi connectivity index (χ0) is 14.5. The minimum absolute atomic E-state index is 0.134. The van der Waals surface area contributed by atoms with E-state index in [-0.39, 0.29) is 11.6 Å². The van der Waals surface area contributed by atoms with Crippen molar-refractivity contribution in [3.8, 4) is 17.4 Å². The van der Waals surface area contributed by atoms with Gasteiger partial charge in [0.25, 0.3) is 0 Å². The second-order valence-corrected chi connectivity index (χ2v) is 3.99. The molecule has 0 saturated heterocycles. The monoisotopic (exact) mass is 274 g/mol. The van der Waals surface area contributed by atoms with Crippen LogP contribution in [0.1, 0.15) is 23.0 Å². The Morgan fingerprint density at radius 2 is 2.05 bits per heavy atom. The molecule has 6 nitrogen and oxygen atoms in total. The van der Waals surface area contributed by atoms with Gasteiger partial charge in [0.15, 0.2) is 17.2 Å². The third-order valence-corrected chi connectivity index (χ3v) is 2.70. The molecule has 0 bridgehead atoms. The van der Waals surface area contributed by atoms with Gasteiger partial charge in [0.05, 0.1) is 19.5 Å². The number of aryl methyl sites for hydroxylation is 1. The van der Waals surface area contributed by atoms with Crippen LogP contribution < -0.4 is 9.47 Å². The van der Waals surface area contributed by atoms with Gasteiger partial charge in [0.2, 0.25) is 5.88 Å². The van der Waals surface area contributed by atoms with Crippen molar-refractivity contribution >= 4 is 5.97 Å². The van der Waals surface area contributed by atoms with E-state index >= 15 is 0 Å². The Bertz CT molecular complexity index is 611. The molecule has 1 aromatic heterocycles.